The van der Waals surface area contributed by atoms with E-state index in [-0.39, 0.29) is 11.3 Å². The molecule has 0 aromatic heterocycles. The molecule has 6 heteroatoms. The molecule has 0 aliphatic carbocycles. The van der Waals surface area contributed by atoms with Crippen LogP contribution in [0.15, 0.2) is 12.1 Å². The number of hydrogen-bond acceptors (Lipinski definition) is 5. The summed E-state index contributed by atoms with van der Waals surface area (Å²) in [5.41, 5.74) is 5.81. The minimum absolute atomic E-state index is 0.0222. The number of hydrogen-bond donors (Lipinski definition) is 2. The third-order valence-corrected chi connectivity index (χ3v) is 3.12. The molecule has 0 atom stereocenters. The summed E-state index contributed by atoms with van der Waals surface area (Å²) in [4.78, 5) is 11.0. The minimum atomic E-state index is -1.08. The Labute approximate surface area is 110 Å². The van der Waals surface area contributed by atoms with Crippen molar-refractivity contribution in [2.45, 2.75) is 6.92 Å². The van der Waals surface area contributed by atoms with Gasteiger partial charge >= 0.3 is 5.97 Å². The van der Waals surface area contributed by atoms with Gasteiger partial charge in [0.25, 0.3) is 0 Å². The van der Waals surface area contributed by atoms with Gasteiger partial charge in [0.15, 0.2) is 11.5 Å². The molecule has 18 heavy (non-hydrogen) atoms. The molecule has 1 aromatic rings. The standard InChI is InChI=1S/C12H17NO4S/c1-3-18-5-4-17-11-6-8(12(14)15)9(13)7-10(11)16-2/h6-7H,3-5,13H2,1-2H3,(H,14,15). The number of carboxylic acid groups (broad SMARTS) is 1. The Hall–Kier alpha value is -1.56. The number of anilines is 1. The summed E-state index contributed by atoms with van der Waals surface area (Å²) in [6.07, 6.45) is 0. The largest absolute Gasteiger partial charge is 0.493 e. The average molecular weight is 271 g/mol. The molecule has 100 valence electrons. The van der Waals surface area contributed by atoms with Gasteiger partial charge in [0, 0.05) is 17.9 Å². The van der Waals surface area contributed by atoms with Gasteiger partial charge in [-0.2, -0.15) is 11.8 Å². The van der Waals surface area contributed by atoms with Crippen LogP contribution in [0.2, 0.25) is 0 Å². The Morgan fingerprint density at radius 2 is 2.17 bits per heavy atom. The van der Waals surface area contributed by atoms with Crippen molar-refractivity contribution in [2.24, 2.45) is 0 Å². The van der Waals surface area contributed by atoms with E-state index >= 15 is 0 Å². The van der Waals surface area contributed by atoms with Crippen LogP contribution in [0.1, 0.15) is 17.3 Å². The van der Waals surface area contributed by atoms with Crippen LogP contribution >= 0.6 is 11.8 Å². The van der Waals surface area contributed by atoms with Crippen molar-refractivity contribution in [3.05, 3.63) is 17.7 Å². The van der Waals surface area contributed by atoms with Gasteiger partial charge in [0.2, 0.25) is 0 Å². The molecule has 0 heterocycles. The van der Waals surface area contributed by atoms with Crippen LogP contribution in [0, 0.1) is 0 Å². The second kappa shape index (κ2) is 7.00. The number of thioether (sulfide) groups is 1. The number of methoxy groups -OCH3 is 1. The van der Waals surface area contributed by atoms with Gasteiger partial charge in [-0.05, 0) is 5.75 Å². The number of nitrogens with two attached hydrogens (primary N) is 1. The van der Waals surface area contributed by atoms with Crippen LogP contribution in [-0.2, 0) is 0 Å². The Morgan fingerprint density at radius 3 is 2.72 bits per heavy atom. The third kappa shape index (κ3) is 3.73. The topological polar surface area (TPSA) is 81.8 Å². The molecule has 0 spiro atoms. The van der Waals surface area contributed by atoms with E-state index in [1.165, 1.54) is 19.2 Å². The third-order valence-electron chi connectivity index (χ3n) is 2.26. The summed E-state index contributed by atoms with van der Waals surface area (Å²) in [5, 5.41) is 8.98. The summed E-state index contributed by atoms with van der Waals surface area (Å²) in [7, 11) is 1.49. The van der Waals surface area contributed by atoms with Crippen molar-refractivity contribution in [1.82, 2.24) is 0 Å². The molecule has 0 radical (unpaired) electrons. The maximum Gasteiger partial charge on any atom is 0.337 e. The molecule has 3 N–H and O–H groups in total. The van der Waals surface area contributed by atoms with Gasteiger partial charge in [-0.25, -0.2) is 4.79 Å². The van der Waals surface area contributed by atoms with E-state index in [0.717, 1.165) is 11.5 Å². The quantitative estimate of drug-likeness (QED) is 0.584. The number of ether oxygens (including phenoxy) is 2. The van der Waals surface area contributed by atoms with Crippen molar-refractivity contribution < 1.29 is 19.4 Å². The Kier molecular flexibility index (Phi) is 5.64. The van der Waals surface area contributed by atoms with Gasteiger partial charge in [-0.1, -0.05) is 6.92 Å². The van der Waals surface area contributed by atoms with Crippen molar-refractivity contribution in [3.63, 3.8) is 0 Å². The zero-order valence-corrected chi connectivity index (χ0v) is 11.3. The highest BCUT2D eigenvalue weighted by Gasteiger charge is 2.14. The van der Waals surface area contributed by atoms with Gasteiger partial charge < -0.3 is 20.3 Å². The number of carbonyl (C=O) groups is 1. The van der Waals surface area contributed by atoms with Crippen molar-refractivity contribution in [3.8, 4) is 11.5 Å². The lowest BCUT2D eigenvalue weighted by Crippen LogP contribution is -2.07. The summed E-state index contributed by atoms with van der Waals surface area (Å²) >= 11 is 1.75. The monoisotopic (exact) mass is 271 g/mol. The molecule has 0 unspecified atom stereocenters. The minimum Gasteiger partial charge on any atom is -0.493 e. The summed E-state index contributed by atoms with van der Waals surface area (Å²) in [6.45, 7) is 2.56. The van der Waals surface area contributed by atoms with Gasteiger partial charge in [-0.3, -0.25) is 0 Å². The molecule has 0 saturated heterocycles. The predicted octanol–water partition coefficient (Wildman–Crippen LogP) is 2.11. The van der Waals surface area contributed by atoms with Crippen LogP contribution in [0.3, 0.4) is 0 Å². The zero-order valence-electron chi connectivity index (χ0n) is 10.4. The molecule has 0 bridgehead atoms. The maximum atomic E-state index is 11.0. The van der Waals surface area contributed by atoms with Crippen LogP contribution in [0.25, 0.3) is 0 Å². The van der Waals surface area contributed by atoms with Crippen LogP contribution in [0.5, 0.6) is 11.5 Å². The van der Waals surface area contributed by atoms with E-state index < -0.39 is 5.97 Å². The van der Waals surface area contributed by atoms with Crippen molar-refractivity contribution in [1.29, 1.82) is 0 Å². The second-order valence-corrected chi connectivity index (χ2v) is 4.83. The fraction of sp³-hybridized carbons (Fsp3) is 0.417. The number of rotatable bonds is 7. The Morgan fingerprint density at radius 1 is 1.44 bits per heavy atom. The first-order valence-electron chi connectivity index (χ1n) is 5.51. The molecule has 0 aliphatic rings. The lowest BCUT2D eigenvalue weighted by molar-refractivity contribution is 0.0697. The Bertz CT molecular complexity index is 423. The Balaban J connectivity index is 2.86. The normalized spacial score (nSPS) is 10.1. The molecule has 0 saturated carbocycles. The molecular formula is C12H17NO4S. The van der Waals surface area contributed by atoms with Gasteiger partial charge in [-0.15, -0.1) is 0 Å². The smallest absolute Gasteiger partial charge is 0.337 e. The number of nitrogen functional groups attached to an aromatic ring is 1. The average Bonchev–Trinajstić information content (AvgIpc) is 2.35. The zero-order chi connectivity index (χ0) is 13.5. The second-order valence-electron chi connectivity index (χ2n) is 3.44. The van der Waals surface area contributed by atoms with E-state index in [0.29, 0.717) is 18.1 Å². The lowest BCUT2D eigenvalue weighted by Gasteiger charge is -2.12. The van der Waals surface area contributed by atoms with E-state index in [1.807, 2.05) is 0 Å². The first-order chi connectivity index (χ1) is 8.60. The predicted molar refractivity (Wildman–Crippen MR) is 72.9 cm³/mol. The fourth-order valence-electron chi connectivity index (χ4n) is 1.39. The van der Waals surface area contributed by atoms with E-state index in [1.54, 1.807) is 11.8 Å². The molecule has 0 amide bonds. The highest BCUT2D eigenvalue weighted by atomic mass is 32.2. The molecular weight excluding hydrogens is 254 g/mol. The molecule has 0 fully saturated rings. The molecule has 1 rings (SSSR count). The summed E-state index contributed by atoms with van der Waals surface area (Å²) in [6, 6.07) is 2.86. The molecule has 1 aromatic carbocycles. The maximum absolute atomic E-state index is 11.0. The fourth-order valence-corrected chi connectivity index (χ4v) is 1.88. The molecule has 5 nitrogen and oxygen atoms in total. The van der Waals surface area contributed by atoms with Gasteiger partial charge in [0.1, 0.15) is 0 Å². The van der Waals surface area contributed by atoms with Crippen LogP contribution in [0.4, 0.5) is 5.69 Å². The first kappa shape index (κ1) is 14.5. The summed E-state index contributed by atoms with van der Waals surface area (Å²) < 4.78 is 10.6. The SMILES string of the molecule is CCSCCOc1cc(C(=O)O)c(N)cc1OC. The van der Waals surface area contributed by atoms with E-state index in [4.69, 9.17) is 20.3 Å². The number of aromatic carboxylic acids is 1. The van der Waals surface area contributed by atoms with E-state index in [9.17, 15) is 4.79 Å². The highest BCUT2D eigenvalue weighted by Crippen LogP contribution is 2.32. The lowest BCUT2D eigenvalue weighted by atomic mass is 10.1. The number of benzene rings is 1. The van der Waals surface area contributed by atoms with Crippen LogP contribution < -0.4 is 15.2 Å². The molecule has 0 aliphatic heterocycles. The van der Waals surface area contributed by atoms with Crippen molar-refractivity contribution >= 4 is 23.4 Å². The van der Waals surface area contributed by atoms with Gasteiger partial charge in [0.05, 0.1) is 25.0 Å². The highest BCUT2D eigenvalue weighted by molar-refractivity contribution is 7.99. The van der Waals surface area contributed by atoms with E-state index in [2.05, 4.69) is 6.92 Å². The number of carboxylic acids is 1. The first-order valence-corrected chi connectivity index (χ1v) is 6.67. The van der Waals surface area contributed by atoms with Crippen molar-refractivity contribution in [2.75, 3.05) is 31.0 Å². The van der Waals surface area contributed by atoms with Crippen LogP contribution in [-0.4, -0.2) is 36.3 Å². The summed E-state index contributed by atoms with van der Waals surface area (Å²) in [5.74, 6) is 1.62.